The van der Waals surface area contributed by atoms with Crippen LogP contribution >= 0.6 is 15.9 Å². The predicted octanol–water partition coefficient (Wildman–Crippen LogP) is 3.63. The van der Waals surface area contributed by atoms with Crippen molar-refractivity contribution in [1.29, 1.82) is 0 Å². The molecule has 18 heavy (non-hydrogen) atoms. The number of nitrogens with zero attached hydrogens (tertiary/aromatic N) is 1. The van der Waals surface area contributed by atoms with E-state index in [2.05, 4.69) is 15.9 Å². The maximum Gasteiger partial charge on any atom is 0.417 e. The average molecular weight is 320 g/mol. The summed E-state index contributed by atoms with van der Waals surface area (Å²) in [7, 11) is 1.46. The van der Waals surface area contributed by atoms with E-state index in [1.54, 1.807) is 6.07 Å². The molecule has 0 unspecified atom stereocenters. The average Bonchev–Trinajstić information content (AvgIpc) is 2.24. The zero-order valence-electron chi connectivity index (χ0n) is 9.60. The van der Waals surface area contributed by atoms with Crippen molar-refractivity contribution in [3.8, 4) is 0 Å². The first kappa shape index (κ1) is 13.1. The van der Waals surface area contributed by atoms with Gasteiger partial charge in [0.2, 0.25) is 0 Å². The van der Waals surface area contributed by atoms with Gasteiger partial charge in [0.25, 0.3) is 5.56 Å². The Morgan fingerprint density at radius 3 is 2.44 bits per heavy atom. The molecule has 0 amide bonds. The van der Waals surface area contributed by atoms with Crippen LogP contribution in [-0.4, -0.2) is 4.57 Å². The molecule has 96 valence electrons. The Hall–Kier alpha value is -1.30. The second-order valence-corrected chi connectivity index (χ2v) is 4.94. The van der Waals surface area contributed by atoms with E-state index in [4.69, 9.17) is 0 Å². The van der Waals surface area contributed by atoms with E-state index in [9.17, 15) is 18.0 Å². The minimum Gasteiger partial charge on any atom is -0.311 e. The number of rotatable bonds is 0. The van der Waals surface area contributed by atoms with Crippen LogP contribution < -0.4 is 5.56 Å². The lowest BCUT2D eigenvalue weighted by atomic mass is 10.0. The van der Waals surface area contributed by atoms with Crippen molar-refractivity contribution in [2.45, 2.75) is 13.1 Å². The summed E-state index contributed by atoms with van der Waals surface area (Å²) in [5.41, 5.74) is -1.50. The summed E-state index contributed by atoms with van der Waals surface area (Å²) in [5, 5.41) is 0.0245. The van der Waals surface area contributed by atoms with Gasteiger partial charge in [-0.05, 0) is 25.1 Å². The molecule has 0 N–H and O–H groups in total. The third-order valence-corrected chi connectivity index (χ3v) is 3.37. The number of aryl methyl sites for hydroxylation is 1. The van der Waals surface area contributed by atoms with Gasteiger partial charge in [-0.3, -0.25) is 4.79 Å². The van der Waals surface area contributed by atoms with E-state index < -0.39 is 17.3 Å². The van der Waals surface area contributed by atoms with Gasteiger partial charge in [-0.15, -0.1) is 0 Å². The van der Waals surface area contributed by atoms with Gasteiger partial charge < -0.3 is 4.57 Å². The number of aromatic nitrogens is 1. The Morgan fingerprint density at radius 1 is 1.28 bits per heavy atom. The molecule has 2 rings (SSSR count). The lowest BCUT2D eigenvalue weighted by molar-refractivity contribution is -0.136. The first-order valence-corrected chi connectivity index (χ1v) is 5.89. The summed E-state index contributed by atoms with van der Waals surface area (Å²) in [5.74, 6) is 0. The van der Waals surface area contributed by atoms with Gasteiger partial charge in [0.15, 0.2) is 0 Å². The molecule has 0 aliphatic heterocycles. The topological polar surface area (TPSA) is 22.0 Å². The summed E-state index contributed by atoms with van der Waals surface area (Å²) in [4.78, 5) is 11.8. The first-order chi connectivity index (χ1) is 8.23. The Bertz CT molecular complexity index is 688. The molecule has 1 aromatic heterocycles. The number of pyridine rings is 1. The van der Waals surface area contributed by atoms with Gasteiger partial charge in [0, 0.05) is 22.5 Å². The third-order valence-electron chi connectivity index (χ3n) is 2.87. The maximum absolute atomic E-state index is 13.1. The highest BCUT2D eigenvalue weighted by molar-refractivity contribution is 9.10. The maximum atomic E-state index is 13.1. The van der Waals surface area contributed by atoms with E-state index in [1.807, 2.05) is 0 Å². The van der Waals surface area contributed by atoms with Crippen molar-refractivity contribution in [3.63, 3.8) is 0 Å². The highest BCUT2D eigenvalue weighted by atomic mass is 79.9. The molecule has 2 nitrogen and oxygen atoms in total. The second kappa shape index (κ2) is 4.12. The predicted molar refractivity (Wildman–Crippen MR) is 66.6 cm³/mol. The number of hydrogen-bond acceptors (Lipinski definition) is 1. The lowest BCUT2D eigenvalue weighted by Crippen LogP contribution is -2.25. The van der Waals surface area contributed by atoms with Gasteiger partial charge >= 0.3 is 6.18 Å². The molecule has 6 heteroatoms. The molecule has 0 bridgehead atoms. The SMILES string of the molecule is Cc1c(C(F)(F)F)c2cc(Br)ccc2n(C)c1=O. The van der Waals surface area contributed by atoms with Crippen LogP contribution in [0.1, 0.15) is 11.1 Å². The number of benzene rings is 1. The van der Waals surface area contributed by atoms with Crippen LogP contribution in [0.5, 0.6) is 0 Å². The molecule has 0 saturated carbocycles. The van der Waals surface area contributed by atoms with E-state index in [0.29, 0.717) is 4.47 Å². The fourth-order valence-electron chi connectivity index (χ4n) is 2.04. The largest absolute Gasteiger partial charge is 0.417 e. The zero-order valence-corrected chi connectivity index (χ0v) is 11.2. The van der Waals surface area contributed by atoms with Crippen LogP contribution in [0, 0.1) is 6.92 Å². The van der Waals surface area contributed by atoms with Gasteiger partial charge in [-0.1, -0.05) is 15.9 Å². The number of fused-ring (bicyclic) bond motifs is 1. The van der Waals surface area contributed by atoms with Crippen molar-refractivity contribution >= 4 is 26.8 Å². The fraction of sp³-hybridized carbons (Fsp3) is 0.250. The van der Waals surface area contributed by atoms with E-state index in [0.717, 1.165) is 0 Å². The summed E-state index contributed by atoms with van der Waals surface area (Å²) in [6.45, 7) is 1.20. The zero-order chi connectivity index (χ0) is 13.7. The van der Waals surface area contributed by atoms with E-state index in [-0.39, 0.29) is 16.5 Å². The molecule has 1 aromatic carbocycles. The monoisotopic (exact) mass is 319 g/mol. The van der Waals surface area contributed by atoms with Crippen molar-refractivity contribution in [1.82, 2.24) is 4.57 Å². The summed E-state index contributed by atoms with van der Waals surface area (Å²) < 4.78 is 40.9. The number of alkyl halides is 3. The van der Waals surface area contributed by atoms with Crippen molar-refractivity contribution in [3.05, 3.63) is 44.2 Å². The van der Waals surface area contributed by atoms with Crippen LogP contribution in [0.25, 0.3) is 10.9 Å². The molecule has 0 aliphatic rings. The standard InChI is InChI=1S/C12H9BrF3NO/c1-6-10(12(14,15)16)8-5-7(13)3-4-9(8)17(2)11(6)18/h3-5H,1-2H3. The number of hydrogen-bond donors (Lipinski definition) is 0. The Kier molecular flexibility index (Phi) is 3.01. The fourth-order valence-corrected chi connectivity index (χ4v) is 2.40. The van der Waals surface area contributed by atoms with Crippen molar-refractivity contribution in [2.75, 3.05) is 0 Å². The Morgan fingerprint density at radius 2 is 1.89 bits per heavy atom. The Labute approximate surface area is 109 Å². The normalized spacial score (nSPS) is 12.1. The van der Waals surface area contributed by atoms with Gasteiger partial charge in [0.05, 0.1) is 11.1 Å². The Balaban J connectivity index is 3.09. The molecule has 0 radical (unpaired) electrons. The smallest absolute Gasteiger partial charge is 0.311 e. The summed E-state index contributed by atoms with van der Waals surface area (Å²) >= 11 is 3.15. The quantitative estimate of drug-likeness (QED) is 0.726. The van der Waals surface area contributed by atoms with E-state index in [1.165, 1.54) is 30.7 Å². The minimum atomic E-state index is -4.55. The van der Waals surface area contributed by atoms with Crippen LogP contribution in [0.3, 0.4) is 0 Å². The lowest BCUT2D eigenvalue weighted by Gasteiger charge is -2.16. The third kappa shape index (κ3) is 1.94. The van der Waals surface area contributed by atoms with Gasteiger partial charge in [-0.2, -0.15) is 13.2 Å². The molecular formula is C12H9BrF3NO. The minimum absolute atomic E-state index is 0.0245. The van der Waals surface area contributed by atoms with E-state index >= 15 is 0 Å². The van der Waals surface area contributed by atoms with Gasteiger partial charge in [-0.25, -0.2) is 0 Å². The molecular weight excluding hydrogens is 311 g/mol. The van der Waals surface area contributed by atoms with Crippen LogP contribution in [-0.2, 0) is 13.2 Å². The second-order valence-electron chi connectivity index (χ2n) is 4.02. The van der Waals surface area contributed by atoms with Gasteiger partial charge in [0.1, 0.15) is 0 Å². The summed E-state index contributed by atoms with van der Waals surface area (Å²) in [6.07, 6.45) is -4.55. The summed E-state index contributed by atoms with van der Waals surface area (Å²) in [6, 6.07) is 4.48. The first-order valence-electron chi connectivity index (χ1n) is 5.09. The number of halogens is 4. The highest BCUT2D eigenvalue weighted by Gasteiger charge is 2.36. The molecule has 0 aliphatic carbocycles. The molecule has 2 aromatic rings. The van der Waals surface area contributed by atoms with Crippen LogP contribution in [0.4, 0.5) is 13.2 Å². The highest BCUT2D eigenvalue weighted by Crippen LogP contribution is 2.36. The van der Waals surface area contributed by atoms with Crippen molar-refractivity contribution in [2.24, 2.45) is 7.05 Å². The van der Waals surface area contributed by atoms with Crippen molar-refractivity contribution < 1.29 is 13.2 Å². The molecule has 1 heterocycles. The molecule has 0 spiro atoms. The van der Waals surface area contributed by atoms with Crippen LogP contribution in [0.15, 0.2) is 27.5 Å². The molecule has 0 fully saturated rings. The molecule has 0 atom stereocenters. The molecule has 0 saturated heterocycles. The van der Waals surface area contributed by atoms with Crippen LogP contribution in [0.2, 0.25) is 0 Å².